The molecule has 114 valence electrons. The lowest BCUT2D eigenvalue weighted by Crippen LogP contribution is -2.25. The van der Waals surface area contributed by atoms with Crippen molar-refractivity contribution >= 4 is 23.5 Å². The minimum atomic E-state index is 0.204. The maximum atomic E-state index is 5.97. The smallest absolute Gasteiger partial charge is 0.231 e. The predicted octanol–water partition coefficient (Wildman–Crippen LogP) is 1.76. The molecule has 0 aromatic carbocycles. The van der Waals surface area contributed by atoms with Crippen molar-refractivity contribution in [2.75, 3.05) is 29.9 Å². The molecule has 0 unspecified atom stereocenters. The Labute approximate surface area is 129 Å². The molecule has 0 fully saturated rings. The number of nitrogens with zero attached hydrogens (tertiary/aromatic N) is 6. The molecule has 2 aromatic rings. The van der Waals surface area contributed by atoms with Crippen LogP contribution < -0.4 is 10.2 Å². The van der Waals surface area contributed by atoms with Crippen LogP contribution in [0.2, 0.25) is 5.28 Å². The predicted molar refractivity (Wildman–Crippen MR) is 83.8 cm³/mol. The summed E-state index contributed by atoms with van der Waals surface area (Å²) in [6.45, 7) is 6.46. The summed E-state index contributed by atoms with van der Waals surface area (Å²) in [5.74, 6) is 1.10. The Morgan fingerprint density at radius 2 is 2.00 bits per heavy atom. The van der Waals surface area contributed by atoms with Crippen molar-refractivity contribution in [2.24, 2.45) is 7.05 Å². The molecule has 0 amide bonds. The van der Waals surface area contributed by atoms with Gasteiger partial charge in [0.05, 0.1) is 0 Å². The van der Waals surface area contributed by atoms with Crippen molar-refractivity contribution in [3.05, 3.63) is 23.2 Å². The van der Waals surface area contributed by atoms with Crippen molar-refractivity contribution in [3.63, 3.8) is 0 Å². The number of hydrogen-bond acceptors (Lipinski definition) is 6. The van der Waals surface area contributed by atoms with Gasteiger partial charge < -0.3 is 10.2 Å². The highest BCUT2D eigenvalue weighted by Crippen LogP contribution is 2.13. The van der Waals surface area contributed by atoms with Crippen LogP contribution in [0.1, 0.15) is 19.5 Å². The van der Waals surface area contributed by atoms with E-state index in [1.807, 2.05) is 22.7 Å². The molecule has 0 spiro atoms. The Morgan fingerprint density at radius 1 is 1.24 bits per heavy atom. The Morgan fingerprint density at radius 3 is 2.62 bits per heavy atom. The number of rotatable bonds is 7. The van der Waals surface area contributed by atoms with Crippen LogP contribution in [0, 0.1) is 0 Å². The van der Waals surface area contributed by atoms with Crippen LogP contribution in [0.25, 0.3) is 0 Å². The summed E-state index contributed by atoms with van der Waals surface area (Å²) < 4.78 is 1.85. The molecule has 0 bridgehead atoms. The first-order valence-corrected chi connectivity index (χ1v) is 7.39. The average Bonchev–Trinajstić information content (AvgIpc) is 2.85. The second-order valence-corrected chi connectivity index (χ2v) is 4.86. The van der Waals surface area contributed by atoms with Crippen LogP contribution in [0.4, 0.5) is 11.9 Å². The Kier molecular flexibility index (Phi) is 5.32. The van der Waals surface area contributed by atoms with Gasteiger partial charge in [-0.2, -0.15) is 20.1 Å². The minimum absolute atomic E-state index is 0.204. The summed E-state index contributed by atoms with van der Waals surface area (Å²) >= 11 is 5.97. The van der Waals surface area contributed by atoms with E-state index in [-0.39, 0.29) is 5.28 Å². The topological polar surface area (TPSA) is 71.8 Å². The summed E-state index contributed by atoms with van der Waals surface area (Å²) in [4.78, 5) is 14.7. The van der Waals surface area contributed by atoms with Gasteiger partial charge in [-0.25, -0.2) is 0 Å². The molecule has 2 heterocycles. The van der Waals surface area contributed by atoms with Crippen LogP contribution in [0.15, 0.2) is 12.3 Å². The molecule has 0 aliphatic rings. The third-order valence-electron chi connectivity index (χ3n) is 3.23. The van der Waals surface area contributed by atoms with Crippen LogP contribution >= 0.6 is 11.6 Å². The van der Waals surface area contributed by atoms with E-state index in [9.17, 15) is 0 Å². The Bertz CT molecular complexity index is 580. The standard InChI is InChI=1S/C13H20ClN7/c1-4-21(5-2)13-18-11(14)17-12(19-13)15-8-6-10-7-9-16-20(10)3/h7,9H,4-6,8H2,1-3H3,(H,15,17,18,19). The van der Waals surface area contributed by atoms with Gasteiger partial charge in [-0.3, -0.25) is 4.68 Å². The number of hydrogen-bond donors (Lipinski definition) is 1. The van der Waals surface area contributed by atoms with E-state index in [4.69, 9.17) is 11.6 Å². The highest BCUT2D eigenvalue weighted by Gasteiger charge is 2.10. The largest absolute Gasteiger partial charge is 0.354 e. The Hall–Kier alpha value is -1.89. The zero-order valence-electron chi connectivity index (χ0n) is 12.5. The first-order chi connectivity index (χ1) is 10.1. The molecule has 0 saturated heterocycles. The molecule has 7 nitrogen and oxygen atoms in total. The monoisotopic (exact) mass is 309 g/mol. The molecule has 0 aliphatic carbocycles. The van der Waals surface area contributed by atoms with Gasteiger partial charge in [0.25, 0.3) is 0 Å². The van der Waals surface area contributed by atoms with Gasteiger partial charge in [0, 0.05) is 45.0 Å². The SMILES string of the molecule is CCN(CC)c1nc(Cl)nc(NCCc2ccnn2C)n1. The molecule has 0 aliphatic heterocycles. The van der Waals surface area contributed by atoms with Crippen LogP contribution in [0.3, 0.4) is 0 Å². The van der Waals surface area contributed by atoms with E-state index < -0.39 is 0 Å². The van der Waals surface area contributed by atoms with E-state index >= 15 is 0 Å². The molecular formula is C13H20ClN7. The fourth-order valence-corrected chi connectivity index (χ4v) is 2.17. The quantitative estimate of drug-likeness (QED) is 0.840. The second-order valence-electron chi connectivity index (χ2n) is 4.52. The lowest BCUT2D eigenvalue weighted by atomic mass is 10.3. The maximum Gasteiger partial charge on any atom is 0.231 e. The van der Waals surface area contributed by atoms with E-state index in [2.05, 4.69) is 39.2 Å². The van der Waals surface area contributed by atoms with E-state index in [0.29, 0.717) is 18.4 Å². The first-order valence-electron chi connectivity index (χ1n) is 7.01. The fourth-order valence-electron chi connectivity index (χ4n) is 2.02. The normalized spacial score (nSPS) is 10.7. The van der Waals surface area contributed by atoms with Crippen molar-refractivity contribution in [1.29, 1.82) is 0 Å². The summed E-state index contributed by atoms with van der Waals surface area (Å²) in [6, 6.07) is 1.99. The highest BCUT2D eigenvalue weighted by atomic mass is 35.5. The number of halogens is 1. The molecule has 2 rings (SSSR count). The van der Waals surface area contributed by atoms with Gasteiger partial charge in [-0.15, -0.1) is 0 Å². The van der Waals surface area contributed by atoms with E-state index in [1.54, 1.807) is 6.20 Å². The molecule has 1 N–H and O–H groups in total. The van der Waals surface area contributed by atoms with Gasteiger partial charge in [0.2, 0.25) is 17.2 Å². The van der Waals surface area contributed by atoms with Gasteiger partial charge in [-0.05, 0) is 31.5 Å². The lowest BCUT2D eigenvalue weighted by Gasteiger charge is -2.18. The van der Waals surface area contributed by atoms with E-state index in [0.717, 1.165) is 25.2 Å². The first kappa shape index (κ1) is 15.5. The van der Waals surface area contributed by atoms with Crippen LogP contribution in [0.5, 0.6) is 0 Å². The number of anilines is 2. The highest BCUT2D eigenvalue weighted by molar-refractivity contribution is 6.28. The lowest BCUT2D eigenvalue weighted by molar-refractivity contribution is 0.710. The molecule has 0 atom stereocenters. The number of aromatic nitrogens is 5. The molecule has 21 heavy (non-hydrogen) atoms. The van der Waals surface area contributed by atoms with E-state index in [1.165, 1.54) is 0 Å². The summed E-state index contributed by atoms with van der Waals surface area (Å²) in [7, 11) is 1.92. The van der Waals surface area contributed by atoms with Crippen molar-refractivity contribution < 1.29 is 0 Å². The molecule has 2 aromatic heterocycles. The number of aryl methyl sites for hydroxylation is 1. The maximum absolute atomic E-state index is 5.97. The van der Waals surface area contributed by atoms with Crippen LogP contribution in [-0.4, -0.2) is 44.4 Å². The third kappa shape index (κ3) is 4.04. The minimum Gasteiger partial charge on any atom is -0.354 e. The average molecular weight is 310 g/mol. The molecule has 8 heteroatoms. The zero-order valence-corrected chi connectivity index (χ0v) is 13.3. The van der Waals surface area contributed by atoms with Crippen molar-refractivity contribution in [2.45, 2.75) is 20.3 Å². The zero-order chi connectivity index (χ0) is 15.2. The number of nitrogens with one attached hydrogen (secondary N) is 1. The van der Waals surface area contributed by atoms with Crippen LogP contribution in [-0.2, 0) is 13.5 Å². The van der Waals surface area contributed by atoms with Crippen molar-refractivity contribution in [3.8, 4) is 0 Å². The molecular weight excluding hydrogens is 290 g/mol. The van der Waals surface area contributed by atoms with Crippen molar-refractivity contribution in [1.82, 2.24) is 24.7 Å². The van der Waals surface area contributed by atoms with Gasteiger partial charge in [0.15, 0.2) is 0 Å². The fraction of sp³-hybridized carbons (Fsp3) is 0.538. The third-order valence-corrected chi connectivity index (χ3v) is 3.40. The van der Waals surface area contributed by atoms with Gasteiger partial charge >= 0.3 is 0 Å². The molecule has 0 radical (unpaired) electrons. The summed E-state index contributed by atoms with van der Waals surface area (Å²) in [5, 5.41) is 7.52. The second kappa shape index (κ2) is 7.21. The molecule has 0 saturated carbocycles. The van der Waals surface area contributed by atoms with Gasteiger partial charge in [0.1, 0.15) is 0 Å². The van der Waals surface area contributed by atoms with Gasteiger partial charge in [-0.1, -0.05) is 0 Å². The summed E-state index contributed by atoms with van der Waals surface area (Å²) in [5.41, 5.74) is 1.15. The summed E-state index contributed by atoms with van der Waals surface area (Å²) in [6.07, 6.45) is 2.62. The Balaban J connectivity index is 2.01.